The summed E-state index contributed by atoms with van der Waals surface area (Å²) in [7, 11) is -3.58. The average Bonchev–Trinajstić information content (AvgIpc) is 2.94. The molecular weight excluding hydrogens is 278 g/mol. The molecule has 2 rings (SSSR count). The summed E-state index contributed by atoms with van der Waals surface area (Å²) in [6.07, 6.45) is 0.869. The highest BCUT2D eigenvalue weighted by Gasteiger charge is 2.39. The maximum Gasteiger partial charge on any atom is 0.246 e. The van der Waals surface area contributed by atoms with Gasteiger partial charge in [0.05, 0.1) is 12.3 Å². The Morgan fingerprint density at radius 1 is 1.45 bits per heavy atom. The number of nitrogens with one attached hydrogen (secondary N) is 1. The quantitative estimate of drug-likeness (QED) is 0.880. The topological polar surface area (TPSA) is 86.3 Å². The van der Waals surface area contributed by atoms with Gasteiger partial charge in [0.25, 0.3) is 0 Å². The largest absolute Gasteiger partial charge is 0.390 e. The van der Waals surface area contributed by atoms with Gasteiger partial charge in [0.1, 0.15) is 10.6 Å². The Bertz CT molecular complexity index is 586. The fourth-order valence-electron chi connectivity index (χ4n) is 2.70. The van der Waals surface area contributed by atoms with Crippen molar-refractivity contribution >= 4 is 10.0 Å². The Balaban J connectivity index is 2.31. The Labute approximate surface area is 120 Å². The zero-order valence-electron chi connectivity index (χ0n) is 12.5. The van der Waals surface area contributed by atoms with Gasteiger partial charge in [0, 0.05) is 13.1 Å². The Morgan fingerprint density at radius 3 is 2.60 bits per heavy atom. The molecule has 20 heavy (non-hydrogen) atoms. The number of nitrogens with zero attached hydrogens (tertiary/aromatic N) is 2. The van der Waals surface area contributed by atoms with Crippen LogP contribution in [-0.2, 0) is 16.6 Å². The lowest BCUT2D eigenvalue weighted by molar-refractivity contribution is 0.251. The van der Waals surface area contributed by atoms with Crippen LogP contribution in [0.5, 0.6) is 0 Å². The zero-order valence-corrected chi connectivity index (χ0v) is 13.3. The van der Waals surface area contributed by atoms with Crippen molar-refractivity contribution in [2.75, 3.05) is 13.1 Å². The van der Waals surface area contributed by atoms with Crippen molar-refractivity contribution in [2.45, 2.75) is 45.6 Å². The summed E-state index contributed by atoms with van der Waals surface area (Å²) in [4.78, 5) is 0.134. The monoisotopic (exact) mass is 301 g/mol. The summed E-state index contributed by atoms with van der Waals surface area (Å²) in [5, 5.41) is 15.8. The highest BCUT2D eigenvalue weighted by molar-refractivity contribution is 7.89. The van der Waals surface area contributed by atoms with Crippen LogP contribution in [0, 0.1) is 18.3 Å². The molecule has 0 saturated carbocycles. The van der Waals surface area contributed by atoms with Crippen LogP contribution in [0.25, 0.3) is 0 Å². The fourth-order valence-corrected chi connectivity index (χ4v) is 4.52. The maximum atomic E-state index is 12.7. The van der Waals surface area contributed by atoms with E-state index in [1.165, 1.54) is 4.31 Å². The average molecular weight is 301 g/mol. The molecule has 114 valence electrons. The zero-order chi connectivity index (χ0) is 15.1. The number of aliphatic hydroxyl groups is 1. The SMILES string of the molecule is Cc1[nH]nc(CO)c1S(=O)(=O)N1CCC(C(C)(C)C)C1. The molecule has 0 aliphatic carbocycles. The van der Waals surface area contributed by atoms with E-state index in [1.807, 2.05) is 0 Å². The normalized spacial score (nSPS) is 21.6. The minimum atomic E-state index is -3.58. The number of hydrogen-bond donors (Lipinski definition) is 2. The van der Waals surface area contributed by atoms with E-state index < -0.39 is 10.0 Å². The van der Waals surface area contributed by atoms with Crippen LogP contribution in [0.1, 0.15) is 38.6 Å². The molecule has 0 aromatic carbocycles. The van der Waals surface area contributed by atoms with E-state index in [0.29, 0.717) is 24.7 Å². The third kappa shape index (κ3) is 2.62. The lowest BCUT2D eigenvalue weighted by Gasteiger charge is -2.26. The molecular formula is C13H23N3O3S. The smallest absolute Gasteiger partial charge is 0.246 e. The second-order valence-electron chi connectivity index (χ2n) is 6.50. The molecule has 0 spiro atoms. The number of sulfonamides is 1. The molecule has 1 saturated heterocycles. The summed E-state index contributed by atoms with van der Waals surface area (Å²) in [6.45, 7) is 8.75. The van der Waals surface area contributed by atoms with Gasteiger partial charge in [-0.05, 0) is 24.7 Å². The van der Waals surface area contributed by atoms with Crippen molar-refractivity contribution in [3.05, 3.63) is 11.4 Å². The third-order valence-corrected chi connectivity index (χ3v) is 6.15. The Hall–Kier alpha value is -0.920. The first kappa shape index (κ1) is 15.5. The molecule has 1 aromatic rings. The van der Waals surface area contributed by atoms with Crippen molar-refractivity contribution in [3.8, 4) is 0 Å². The van der Waals surface area contributed by atoms with E-state index in [0.717, 1.165) is 6.42 Å². The molecule has 6 nitrogen and oxygen atoms in total. The van der Waals surface area contributed by atoms with Gasteiger partial charge < -0.3 is 5.11 Å². The van der Waals surface area contributed by atoms with Gasteiger partial charge >= 0.3 is 0 Å². The van der Waals surface area contributed by atoms with Crippen LogP contribution in [0.4, 0.5) is 0 Å². The Morgan fingerprint density at radius 2 is 2.10 bits per heavy atom. The first-order valence-electron chi connectivity index (χ1n) is 6.82. The van der Waals surface area contributed by atoms with E-state index in [-0.39, 0.29) is 22.6 Å². The standard InChI is InChI=1S/C13H23N3O3S/c1-9-12(11(8-17)15-14-9)20(18,19)16-6-5-10(7-16)13(2,3)4/h10,17H,5-8H2,1-4H3,(H,14,15). The van der Waals surface area contributed by atoms with Crippen molar-refractivity contribution in [1.82, 2.24) is 14.5 Å². The molecule has 1 aliphatic heterocycles. The van der Waals surface area contributed by atoms with E-state index in [1.54, 1.807) is 6.92 Å². The van der Waals surface area contributed by atoms with Gasteiger partial charge in [-0.15, -0.1) is 0 Å². The predicted molar refractivity (Wildman–Crippen MR) is 75.6 cm³/mol. The number of hydrogen-bond acceptors (Lipinski definition) is 4. The summed E-state index contributed by atoms with van der Waals surface area (Å²) in [5.74, 6) is 0.349. The van der Waals surface area contributed by atoms with Gasteiger partial charge in [-0.1, -0.05) is 20.8 Å². The van der Waals surface area contributed by atoms with Crippen LogP contribution in [0.2, 0.25) is 0 Å². The molecule has 0 bridgehead atoms. The first-order valence-corrected chi connectivity index (χ1v) is 8.26. The molecule has 1 aliphatic rings. The molecule has 1 atom stereocenters. The van der Waals surface area contributed by atoms with Gasteiger partial charge in [0.2, 0.25) is 10.0 Å². The molecule has 7 heteroatoms. The van der Waals surface area contributed by atoms with Crippen LogP contribution in [0.15, 0.2) is 4.90 Å². The fraction of sp³-hybridized carbons (Fsp3) is 0.769. The number of aromatic nitrogens is 2. The first-order chi connectivity index (χ1) is 9.17. The van der Waals surface area contributed by atoms with Gasteiger partial charge in [-0.3, -0.25) is 5.10 Å². The van der Waals surface area contributed by atoms with Gasteiger partial charge in [0.15, 0.2) is 0 Å². The molecule has 2 heterocycles. The van der Waals surface area contributed by atoms with E-state index >= 15 is 0 Å². The summed E-state index contributed by atoms with van der Waals surface area (Å²) in [6, 6.07) is 0. The number of aliphatic hydroxyl groups excluding tert-OH is 1. The lowest BCUT2D eigenvalue weighted by Crippen LogP contribution is -2.32. The molecule has 0 radical (unpaired) electrons. The van der Waals surface area contributed by atoms with Crippen LogP contribution in [0.3, 0.4) is 0 Å². The highest BCUT2D eigenvalue weighted by Crippen LogP contribution is 2.36. The molecule has 1 aromatic heterocycles. The molecule has 1 unspecified atom stereocenters. The van der Waals surface area contributed by atoms with Crippen LogP contribution in [-0.4, -0.2) is 41.1 Å². The Kier molecular flexibility index (Phi) is 3.96. The number of aryl methyl sites for hydroxylation is 1. The van der Waals surface area contributed by atoms with Crippen molar-refractivity contribution in [3.63, 3.8) is 0 Å². The van der Waals surface area contributed by atoms with Crippen LogP contribution >= 0.6 is 0 Å². The van der Waals surface area contributed by atoms with Gasteiger partial charge in [-0.25, -0.2) is 8.42 Å². The summed E-state index contributed by atoms with van der Waals surface area (Å²) < 4.78 is 27.0. The molecule has 2 N–H and O–H groups in total. The van der Waals surface area contributed by atoms with Crippen molar-refractivity contribution < 1.29 is 13.5 Å². The molecule has 1 fully saturated rings. The number of H-pyrrole nitrogens is 1. The van der Waals surface area contributed by atoms with Crippen molar-refractivity contribution in [1.29, 1.82) is 0 Å². The highest BCUT2D eigenvalue weighted by atomic mass is 32.2. The van der Waals surface area contributed by atoms with E-state index in [4.69, 9.17) is 0 Å². The molecule has 0 amide bonds. The van der Waals surface area contributed by atoms with Crippen LogP contribution < -0.4 is 0 Å². The maximum absolute atomic E-state index is 12.7. The second kappa shape index (κ2) is 5.13. The number of aromatic amines is 1. The summed E-state index contributed by atoms with van der Waals surface area (Å²) >= 11 is 0. The predicted octanol–water partition coefficient (Wildman–Crippen LogP) is 1.27. The minimum absolute atomic E-state index is 0.0928. The van der Waals surface area contributed by atoms with Crippen molar-refractivity contribution in [2.24, 2.45) is 11.3 Å². The van der Waals surface area contributed by atoms with E-state index in [2.05, 4.69) is 31.0 Å². The number of rotatable bonds is 3. The summed E-state index contributed by atoms with van der Waals surface area (Å²) in [5.41, 5.74) is 0.769. The van der Waals surface area contributed by atoms with Gasteiger partial charge in [-0.2, -0.15) is 9.40 Å². The lowest BCUT2D eigenvalue weighted by atomic mass is 9.80. The second-order valence-corrected chi connectivity index (χ2v) is 8.37. The minimum Gasteiger partial charge on any atom is -0.390 e. The third-order valence-electron chi connectivity index (χ3n) is 4.08. The van der Waals surface area contributed by atoms with E-state index in [9.17, 15) is 13.5 Å².